The van der Waals surface area contributed by atoms with E-state index < -0.39 is 5.25 Å². The van der Waals surface area contributed by atoms with Crippen molar-refractivity contribution in [2.75, 3.05) is 11.9 Å². The molecule has 1 fully saturated rings. The Kier molecular flexibility index (Phi) is 7.48. The molecular formula is C21H21ClN4O3S. The Balaban J connectivity index is 1.68. The van der Waals surface area contributed by atoms with Crippen molar-refractivity contribution in [3.8, 4) is 5.75 Å². The van der Waals surface area contributed by atoms with Gasteiger partial charge < -0.3 is 15.4 Å². The number of ether oxygens (including phenoxy) is 1. The van der Waals surface area contributed by atoms with E-state index in [1.54, 1.807) is 37.3 Å². The van der Waals surface area contributed by atoms with Crippen LogP contribution in [0.2, 0.25) is 5.02 Å². The maximum Gasteiger partial charge on any atom is 0.238 e. The van der Waals surface area contributed by atoms with Crippen LogP contribution < -0.4 is 15.4 Å². The number of hydrogen-bond acceptors (Lipinski definition) is 6. The number of carbonyl (C=O) groups excluding carboxylic acids is 2. The summed E-state index contributed by atoms with van der Waals surface area (Å²) in [5.41, 5.74) is 2.13. The topological polar surface area (TPSA) is 92.1 Å². The zero-order chi connectivity index (χ0) is 21.5. The molecule has 3 rings (SSSR count). The molecule has 0 unspecified atom stereocenters. The van der Waals surface area contributed by atoms with E-state index in [1.165, 1.54) is 0 Å². The van der Waals surface area contributed by atoms with Gasteiger partial charge in [-0.15, -0.1) is 5.10 Å². The van der Waals surface area contributed by atoms with Gasteiger partial charge in [0.1, 0.15) is 11.0 Å². The summed E-state index contributed by atoms with van der Waals surface area (Å²) in [5.74, 6) is 0.100. The second-order valence-electron chi connectivity index (χ2n) is 6.41. The van der Waals surface area contributed by atoms with Crippen LogP contribution in [-0.4, -0.2) is 34.6 Å². The molecule has 7 nitrogen and oxygen atoms in total. The molecule has 9 heteroatoms. The van der Waals surface area contributed by atoms with Gasteiger partial charge in [-0.25, -0.2) is 0 Å². The molecule has 0 aromatic heterocycles. The minimum absolute atomic E-state index is 0.0561. The van der Waals surface area contributed by atoms with E-state index in [2.05, 4.69) is 20.8 Å². The number of thioether (sulfide) groups is 1. The molecule has 1 aliphatic rings. The summed E-state index contributed by atoms with van der Waals surface area (Å²) in [6.07, 6.45) is 0.0561. The van der Waals surface area contributed by atoms with Crippen LogP contribution in [0.15, 0.2) is 58.7 Å². The largest absolute Gasteiger partial charge is 0.494 e. The number of nitrogens with one attached hydrogen (secondary N) is 2. The first kappa shape index (κ1) is 21.9. The van der Waals surface area contributed by atoms with Gasteiger partial charge in [0.15, 0.2) is 5.17 Å². The fourth-order valence-corrected chi connectivity index (χ4v) is 3.72. The zero-order valence-electron chi connectivity index (χ0n) is 16.5. The summed E-state index contributed by atoms with van der Waals surface area (Å²) in [4.78, 5) is 24.7. The quantitative estimate of drug-likeness (QED) is 0.518. The third kappa shape index (κ3) is 6.08. The van der Waals surface area contributed by atoms with Crippen LogP contribution in [0.25, 0.3) is 0 Å². The number of halogens is 1. The maximum absolute atomic E-state index is 12.7. The highest BCUT2D eigenvalue weighted by molar-refractivity contribution is 8.15. The average molecular weight is 445 g/mol. The first-order valence-corrected chi connectivity index (χ1v) is 10.6. The lowest BCUT2D eigenvalue weighted by atomic mass is 10.1. The van der Waals surface area contributed by atoms with Crippen molar-refractivity contribution in [2.24, 2.45) is 10.2 Å². The Morgan fingerprint density at radius 3 is 2.80 bits per heavy atom. The second-order valence-corrected chi connectivity index (χ2v) is 8.03. The van der Waals surface area contributed by atoms with Gasteiger partial charge in [0, 0.05) is 23.2 Å². The van der Waals surface area contributed by atoms with Crippen molar-refractivity contribution >= 4 is 51.7 Å². The number of amidine groups is 1. The molecule has 2 aromatic rings. The second kappa shape index (κ2) is 10.3. The molecule has 2 amide bonds. The molecule has 156 valence electrons. The van der Waals surface area contributed by atoms with E-state index in [1.807, 2.05) is 25.1 Å². The molecule has 2 aromatic carbocycles. The van der Waals surface area contributed by atoms with E-state index in [4.69, 9.17) is 16.3 Å². The summed E-state index contributed by atoms with van der Waals surface area (Å²) >= 11 is 7.06. The van der Waals surface area contributed by atoms with Crippen LogP contribution >= 0.6 is 23.4 Å². The van der Waals surface area contributed by atoms with Gasteiger partial charge in [-0.1, -0.05) is 41.6 Å². The first-order chi connectivity index (χ1) is 14.4. The van der Waals surface area contributed by atoms with Crippen LogP contribution in [0.1, 0.15) is 25.8 Å². The van der Waals surface area contributed by atoms with Crippen LogP contribution in [0, 0.1) is 0 Å². The SMILES string of the molecule is CCOc1cccc(NC(=O)[C@@H]2CC(=O)N/C(=N/N=C(/C)c3ccc(Cl)cc3)S2)c1. The number of rotatable bonds is 6. The minimum Gasteiger partial charge on any atom is -0.494 e. The molecule has 1 heterocycles. The maximum atomic E-state index is 12.7. The van der Waals surface area contributed by atoms with E-state index in [0.717, 1.165) is 17.3 Å². The van der Waals surface area contributed by atoms with Gasteiger partial charge in [-0.2, -0.15) is 5.10 Å². The predicted octanol–water partition coefficient (Wildman–Crippen LogP) is 4.08. The Morgan fingerprint density at radius 1 is 1.30 bits per heavy atom. The molecule has 1 aliphatic heterocycles. The molecule has 1 atom stereocenters. The third-order valence-corrected chi connectivity index (χ3v) is 5.45. The standard InChI is InChI=1S/C21H21ClN4O3S/c1-3-29-17-6-4-5-16(11-17)23-20(28)18-12-19(27)24-21(30-18)26-25-13(2)14-7-9-15(22)10-8-14/h4-11,18H,3,12H2,1-2H3,(H,23,28)(H,24,26,27)/b25-13-/t18-/m0/s1. The Hall–Kier alpha value is -2.84. The van der Waals surface area contributed by atoms with Crippen molar-refractivity contribution in [1.82, 2.24) is 5.32 Å². The minimum atomic E-state index is -0.612. The summed E-state index contributed by atoms with van der Waals surface area (Å²) in [6, 6.07) is 14.3. The molecule has 0 saturated carbocycles. The van der Waals surface area contributed by atoms with Crippen molar-refractivity contribution in [3.05, 3.63) is 59.1 Å². The number of benzene rings is 2. The number of anilines is 1. The van der Waals surface area contributed by atoms with Crippen LogP contribution in [0.5, 0.6) is 5.75 Å². The molecular weight excluding hydrogens is 424 g/mol. The fourth-order valence-electron chi connectivity index (χ4n) is 2.66. The molecule has 30 heavy (non-hydrogen) atoms. The van der Waals surface area contributed by atoms with Gasteiger partial charge in [-0.3, -0.25) is 9.59 Å². The highest BCUT2D eigenvalue weighted by Gasteiger charge is 2.30. The molecule has 0 spiro atoms. The van der Waals surface area contributed by atoms with Crippen molar-refractivity contribution in [3.63, 3.8) is 0 Å². The molecule has 0 radical (unpaired) electrons. The van der Waals surface area contributed by atoms with Gasteiger partial charge in [0.25, 0.3) is 0 Å². The molecule has 0 bridgehead atoms. The summed E-state index contributed by atoms with van der Waals surface area (Å²) in [5, 5.41) is 14.1. The van der Waals surface area contributed by atoms with Gasteiger partial charge in [0.2, 0.25) is 11.8 Å². The highest BCUT2D eigenvalue weighted by atomic mass is 35.5. The van der Waals surface area contributed by atoms with Gasteiger partial charge >= 0.3 is 0 Å². The lowest BCUT2D eigenvalue weighted by Gasteiger charge is -2.21. The predicted molar refractivity (Wildman–Crippen MR) is 121 cm³/mol. The number of hydrogen-bond donors (Lipinski definition) is 2. The van der Waals surface area contributed by atoms with Gasteiger partial charge in [0.05, 0.1) is 12.3 Å². The molecule has 2 N–H and O–H groups in total. The average Bonchev–Trinajstić information content (AvgIpc) is 2.72. The monoisotopic (exact) mass is 444 g/mol. The summed E-state index contributed by atoms with van der Waals surface area (Å²) < 4.78 is 5.44. The lowest BCUT2D eigenvalue weighted by Crippen LogP contribution is -2.41. The molecule has 0 aliphatic carbocycles. The number of amides is 2. The van der Waals surface area contributed by atoms with Crippen molar-refractivity contribution in [2.45, 2.75) is 25.5 Å². The van der Waals surface area contributed by atoms with Gasteiger partial charge in [-0.05, 0) is 43.7 Å². The van der Waals surface area contributed by atoms with E-state index >= 15 is 0 Å². The summed E-state index contributed by atoms with van der Waals surface area (Å²) in [7, 11) is 0. The van der Waals surface area contributed by atoms with E-state index in [0.29, 0.717) is 28.8 Å². The Bertz CT molecular complexity index is 992. The number of carbonyl (C=O) groups is 2. The lowest BCUT2D eigenvalue weighted by molar-refractivity contribution is -0.123. The van der Waals surface area contributed by atoms with E-state index in [-0.39, 0.29) is 23.4 Å². The Morgan fingerprint density at radius 2 is 2.07 bits per heavy atom. The number of nitrogens with zero attached hydrogens (tertiary/aromatic N) is 2. The van der Waals surface area contributed by atoms with Crippen LogP contribution in [-0.2, 0) is 9.59 Å². The first-order valence-electron chi connectivity index (χ1n) is 9.33. The molecule has 1 saturated heterocycles. The van der Waals surface area contributed by atoms with Crippen LogP contribution in [0.4, 0.5) is 5.69 Å². The third-order valence-electron chi connectivity index (χ3n) is 4.13. The smallest absolute Gasteiger partial charge is 0.238 e. The van der Waals surface area contributed by atoms with Crippen LogP contribution in [0.3, 0.4) is 0 Å². The fraction of sp³-hybridized carbons (Fsp3) is 0.238. The van der Waals surface area contributed by atoms with Crippen molar-refractivity contribution < 1.29 is 14.3 Å². The zero-order valence-corrected chi connectivity index (χ0v) is 18.1. The highest BCUT2D eigenvalue weighted by Crippen LogP contribution is 2.24. The summed E-state index contributed by atoms with van der Waals surface area (Å²) in [6.45, 7) is 4.23. The Labute approximate surface area is 183 Å². The van der Waals surface area contributed by atoms with Crippen molar-refractivity contribution in [1.29, 1.82) is 0 Å². The van der Waals surface area contributed by atoms with E-state index in [9.17, 15) is 9.59 Å². The normalized spacial score (nSPS) is 18.1.